The maximum absolute atomic E-state index is 12.2. The topological polar surface area (TPSA) is 63.2 Å². The van der Waals surface area contributed by atoms with Crippen LogP contribution in [0.5, 0.6) is 5.75 Å². The molecule has 0 aliphatic heterocycles. The third-order valence-corrected chi connectivity index (χ3v) is 3.64. The summed E-state index contributed by atoms with van der Waals surface area (Å²) in [7, 11) is 0. The molecule has 6 heteroatoms. The van der Waals surface area contributed by atoms with Gasteiger partial charge in [-0.2, -0.15) is 0 Å². The number of thiazole rings is 1. The molecule has 5 nitrogen and oxygen atoms in total. The van der Waals surface area contributed by atoms with Gasteiger partial charge in [0.15, 0.2) is 0 Å². The Hall–Kier alpha value is -1.92. The van der Waals surface area contributed by atoms with Crippen molar-refractivity contribution in [1.82, 2.24) is 15.6 Å². The van der Waals surface area contributed by atoms with Gasteiger partial charge in [0.2, 0.25) is 0 Å². The second kappa shape index (κ2) is 9.17. The first-order valence-electron chi connectivity index (χ1n) is 7.39. The molecule has 2 aromatic rings. The van der Waals surface area contributed by atoms with Crippen molar-refractivity contribution >= 4 is 17.2 Å². The van der Waals surface area contributed by atoms with Gasteiger partial charge in [-0.3, -0.25) is 4.79 Å². The van der Waals surface area contributed by atoms with Crippen LogP contribution in [0.2, 0.25) is 0 Å². The van der Waals surface area contributed by atoms with Gasteiger partial charge < -0.3 is 15.4 Å². The van der Waals surface area contributed by atoms with Crippen LogP contribution < -0.4 is 15.4 Å². The highest BCUT2D eigenvalue weighted by atomic mass is 32.1. The van der Waals surface area contributed by atoms with E-state index in [-0.39, 0.29) is 5.91 Å². The smallest absolute Gasteiger partial charge is 0.255 e. The fourth-order valence-corrected chi connectivity index (χ4v) is 2.45. The zero-order chi connectivity index (χ0) is 15.6. The average Bonchev–Trinajstić information content (AvgIpc) is 3.06. The highest BCUT2D eigenvalue weighted by Crippen LogP contribution is 2.19. The molecule has 0 unspecified atom stereocenters. The van der Waals surface area contributed by atoms with Crippen LogP contribution >= 0.6 is 11.3 Å². The van der Waals surface area contributed by atoms with Crippen LogP contribution in [0, 0.1) is 0 Å². The van der Waals surface area contributed by atoms with Gasteiger partial charge in [0.05, 0.1) is 16.8 Å². The minimum absolute atomic E-state index is 0.118. The largest absolute Gasteiger partial charge is 0.486 e. The maximum Gasteiger partial charge on any atom is 0.255 e. The van der Waals surface area contributed by atoms with E-state index in [1.54, 1.807) is 17.6 Å². The summed E-state index contributed by atoms with van der Waals surface area (Å²) in [4.78, 5) is 16.4. The third kappa shape index (κ3) is 5.13. The molecule has 2 N–H and O–H groups in total. The van der Waals surface area contributed by atoms with Crippen LogP contribution in [0.4, 0.5) is 0 Å². The highest BCUT2D eigenvalue weighted by molar-refractivity contribution is 7.07. The number of hydrogen-bond acceptors (Lipinski definition) is 5. The van der Waals surface area contributed by atoms with Crippen molar-refractivity contribution in [2.45, 2.75) is 20.0 Å². The van der Waals surface area contributed by atoms with Crippen molar-refractivity contribution < 1.29 is 9.53 Å². The number of hydrogen-bond donors (Lipinski definition) is 2. The molecule has 0 atom stereocenters. The molecule has 0 bridgehead atoms. The first kappa shape index (κ1) is 16.5. The Balaban J connectivity index is 1.88. The van der Waals surface area contributed by atoms with E-state index in [0.717, 1.165) is 25.2 Å². The minimum atomic E-state index is -0.118. The molecule has 118 valence electrons. The Morgan fingerprint density at radius 3 is 2.91 bits per heavy atom. The monoisotopic (exact) mass is 319 g/mol. The predicted molar refractivity (Wildman–Crippen MR) is 88.4 cm³/mol. The molecule has 0 aliphatic carbocycles. The van der Waals surface area contributed by atoms with E-state index in [0.29, 0.717) is 24.5 Å². The number of para-hydroxylation sites is 1. The molecule has 0 aliphatic rings. The summed E-state index contributed by atoms with van der Waals surface area (Å²) in [5.41, 5.74) is 3.18. The lowest BCUT2D eigenvalue weighted by Gasteiger charge is -2.11. The Morgan fingerprint density at radius 2 is 2.14 bits per heavy atom. The highest BCUT2D eigenvalue weighted by Gasteiger charge is 2.11. The van der Waals surface area contributed by atoms with E-state index in [1.165, 1.54) is 11.3 Å². The standard InChI is InChI=1S/C16H21N3O2S/c1-2-7-17-8-9-18-16(20)14-5-3-4-6-15(14)21-10-13-11-22-12-19-13/h3-6,11-12,17H,2,7-10H2,1H3,(H,18,20). The Bertz CT molecular complexity index is 573. The van der Waals surface area contributed by atoms with Crippen molar-refractivity contribution in [2.75, 3.05) is 19.6 Å². The summed E-state index contributed by atoms with van der Waals surface area (Å²) in [5.74, 6) is 0.460. The van der Waals surface area contributed by atoms with Crippen molar-refractivity contribution in [3.63, 3.8) is 0 Å². The molecule has 0 saturated carbocycles. The lowest BCUT2D eigenvalue weighted by atomic mass is 10.2. The summed E-state index contributed by atoms with van der Waals surface area (Å²) in [6, 6.07) is 7.26. The summed E-state index contributed by atoms with van der Waals surface area (Å²) in [5, 5.41) is 8.08. The van der Waals surface area contributed by atoms with Crippen molar-refractivity contribution in [1.29, 1.82) is 0 Å². The number of nitrogens with one attached hydrogen (secondary N) is 2. The molecule has 2 rings (SSSR count). The molecule has 0 radical (unpaired) electrons. The fourth-order valence-electron chi connectivity index (χ4n) is 1.90. The van der Waals surface area contributed by atoms with E-state index in [9.17, 15) is 4.79 Å². The zero-order valence-electron chi connectivity index (χ0n) is 12.7. The van der Waals surface area contributed by atoms with Gasteiger partial charge in [-0.25, -0.2) is 4.98 Å². The van der Waals surface area contributed by atoms with Crippen LogP contribution in [0.15, 0.2) is 35.2 Å². The van der Waals surface area contributed by atoms with Gasteiger partial charge >= 0.3 is 0 Å². The first-order valence-corrected chi connectivity index (χ1v) is 8.33. The van der Waals surface area contributed by atoms with Gasteiger partial charge in [-0.1, -0.05) is 19.1 Å². The molecular weight excluding hydrogens is 298 g/mol. The molecule has 0 spiro atoms. The maximum atomic E-state index is 12.2. The number of amides is 1. The van der Waals surface area contributed by atoms with E-state index >= 15 is 0 Å². The Morgan fingerprint density at radius 1 is 1.27 bits per heavy atom. The van der Waals surface area contributed by atoms with Gasteiger partial charge in [0, 0.05) is 18.5 Å². The lowest BCUT2D eigenvalue weighted by Crippen LogP contribution is -2.32. The van der Waals surface area contributed by atoms with E-state index in [2.05, 4.69) is 22.5 Å². The summed E-state index contributed by atoms with van der Waals surface area (Å²) >= 11 is 1.53. The molecule has 0 saturated heterocycles. The van der Waals surface area contributed by atoms with Crippen LogP contribution in [0.3, 0.4) is 0 Å². The van der Waals surface area contributed by atoms with Gasteiger partial charge in [0.25, 0.3) is 5.91 Å². The molecule has 1 heterocycles. The van der Waals surface area contributed by atoms with Crippen molar-refractivity contribution in [2.24, 2.45) is 0 Å². The van der Waals surface area contributed by atoms with Crippen molar-refractivity contribution in [3.05, 3.63) is 46.4 Å². The van der Waals surface area contributed by atoms with Crippen molar-refractivity contribution in [3.8, 4) is 5.75 Å². The number of aromatic nitrogens is 1. The second-order valence-electron chi connectivity index (χ2n) is 4.77. The lowest BCUT2D eigenvalue weighted by molar-refractivity contribution is 0.0949. The van der Waals surface area contributed by atoms with Crippen LogP contribution in [-0.2, 0) is 6.61 Å². The van der Waals surface area contributed by atoms with Crippen LogP contribution in [0.25, 0.3) is 0 Å². The second-order valence-corrected chi connectivity index (χ2v) is 5.49. The molecule has 1 aromatic carbocycles. The quantitative estimate of drug-likeness (QED) is 0.697. The summed E-state index contributed by atoms with van der Waals surface area (Å²) in [6.45, 7) is 4.80. The molecular formula is C16H21N3O2S. The normalized spacial score (nSPS) is 10.4. The van der Waals surface area contributed by atoms with Crippen LogP contribution in [0.1, 0.15) is 29.4 Å². The number of carbonyl (C=O) groups excluding carboxylic acids is 1. The Labute approximate surface area is 134 Å². The minimum Gasteiger partial charge on any atom is -0.486 e. The van der Waals surface area contributed by atoms with Gasteiger partial charge in [-0.15, -0.1) is 11.3 Å². The fraction of sp³-hybridized carbons (Fsp3) is 0.375. The van der Waals surface area contributed by atoms with Gasteiger partial charge in [-0.05, 0) is 25.1 Å². The Kier molecular flexibility index (Phi) is 6.86. The predicted octanol–water partition coefficient (Wildman–Crippen LogP) is 2.45. The van der Waals surface area contributed by atoms with Crippen LogP contribution in [-0.4, -0.2) is 30.5 Å². The van der Waals surface area contributed by atoms with E-state index in [1.807, 2.05) is 17.5 Å². The molecule has 1 amide bonds. The molecule has 0 fully saturated rings. The number of benzene rings is 1. The van der Waals surface area contributed by atoms with E-state index < -0.39 is 0 Å². The first-order chi connectivity index (χ1) is 10.8. The van der Waals surface area contributed by atoms with E-state index in [4.69, 9.17) is 4.74 Å². The number of carbonyl (C=O) groups is 1. The summed E-state index contributed by atoms with van der Waals surface area (Å²) in [6.07, 6.45) is 1.08. The van der Waals surface area contributed by atoms with Gasteiger partial charge in [0.1, 0.15) is 12.4 Å². The number of rotatable bonds is 9. The molecule has 1 aromatic heterocycles. The number of nitrogens with zero attached hydrogens (tertiary/aromatic N) is 1. The third-order valence-electron chi connectivity index (χ3n) is 3.00. The zero-order valence-corrected chi connectivity index (χ0v) is 13.5. The average molecular weight is 319 g/mol. The molecule has 22 heavy (non-hydrogen) atoms. The SMILES string of the molecule is CCCNCCNC(=O)c1ccccc1OCc1cscn1. The summed E-state index contributed by atoms with van der Waals surface area (Å²) < 4.78 is 5.72. The number of ether oxygens (including phenoxy) is 1.